The summed E-state index contributed by atoms with van der Waals surface area (Å²) < 4.78 is 5.26. The van der Waals surface area contributed by atoms with Crippen molar-refractivity contribution in [3.63, 3.8) is 0 Å². The fraction of sp³-hybridized carbons (Fsp3) is 0.250. The van der Waals surface area contributed by atoms with Gasteiger partial charge in [0.2, 0.25) is 11.8 Å². The molecule has 8 nitrogen and oxygen atoms in total. The lowest BCUT2D eigenvalue weighted by Gasteiger charge is -2.35. The second-order valence-corrected chi connectivity index (χ2v) is 5.80. The molecule has 2 atom stereocenters. The van der Waals surface area contributed by atoms with Crippen molar-refractivity contribution in [3.8, 4) is 11.8 Å². The van der Waals surface area contributed by atoms with Gasteiger partial charge in [-0.1, -0.05) is 0 Å². The van der Waals surface area contributed by atoms with Crippen molar-refractivity contribution in [2.75, 3.05) is 17.7 Å². The lowest BCUT2D eigenvalue weighted by molar-refractivity contribution is -0.127. The third-order valence-corrected chi connectivity index (χ3v) is 4.67. The SMILES string of the molecule is COc1ccc2c(c1)C1(C(=O)N2)c2c(n[nH]c2C)NC(=O)C1C#N. The fourth-order valence-electron chi connectivity index (χ4n) is 3.65. The van der Waals surface area contributed by atoms with Crippen LogP contribution in [0.1, 0.15) is 16.8 Å². The molecule has 0 bridgehead atoms. The van der Waals surface area contributed by atoms with Crippen molar-refractivity contribution in [2.45, 2.75) is 12.3 Å². The van der Waals surface area contributed by atoms with E-state index in [1.54, 1.807) is 25.1 Å². The van der Waals surface area contributed by atoms with Gasteiger partial charge in [-0.15, -0.1) is 0 Å². The molecule has 2 aromatic rings. The van der Waals surface area contributed by atoms with Crippen LogP contribution in [0.5, 0.6) is 5.75 Å². The summed E-state index contributed by atoms with van der Waals surface area (Å²) in [7, 11) is 1.52. The Labute approximate surface area is 136 Å². The number of amides is 2. The smallest absolute Gasteiger partial charge is 0.244 e. The van der Waals surface area contributed by atoms with Gasteiger partial charge in [0.25, 0.3) is 0 Å². The maximum atomic E-state index is 13.0. The van der Waals surface area contributed by atoms with E-state index in [-0.39, 0.29) is 5.82 Å². The van der Waals surface area contributed by atoms with Gasteiger partial charge in [0.1, 0.15) is 17.1 Å². The number of rotatable bonds is 1. The highest BCUT2D eigenvalue weighted by atomic mass is 16.5. The average molecular weight is 323 g/mol. The Hall–Kier alpha value is -3.34. The van der Waals surface area contributed by atoms with E-state index >= 15 is 0 Å². The molecule has 0 fully saturated rings. The highest BCUT2D eigenvalue weighted by Crippen LogP contribution is 2.53. The number of aromatic nitrogens is 2. The Kier molecular flexibility index (Phi) is 2.72. The normalized spacial score (nSPS) is 24.0. The van der Waals surface area contributed by atoms with Crippen LogP contribution in [0, 0.1) is 24.2 Å². The molecule has 2 amide bonds. The van der Waals surface area contributed by atoms with Gasteiger partial charge in [0.05, 0.1) is 13.2 Å². The van der Waals surface area contributed by atoms with Gasteiger partial charge < -0.3 is 15.4 Å². The number of fused-ring (bicyclic) bond motifs is 4. The van der Waals surface area contributed by atoms with Crippen LogP contribution < -0.4 is 15.4 Å². The van der Waals surface area contributed by atoms with Crippen molar-refractivity contribution in [1.82, 2.24) is 10.2 Å². The summed E-state index contributed by atoms with van der Waals surface area (Å²) >= 11 is 0. The summed E-state index contributed by atoms with van der Waals surface area (Å²) in [6.07, 6.45) is 0. The Morgan fingerprint density at radius 3 is 2.83 bits per heavy atom. The molecular formula is C16H13N5O3. The van der Waals surface area contributed by atoms with Crippen LogP contribution in [0.2, 0.25) is 0 Å². The van der Waals surface area contributed by atoms with Crippen molar-refractivity contribution in [3.05, 3.63) is 35.0 Å². The van der Waals surface area contributed by atoms with Crippen LogP contribution in [-0.2, 0) is 15.0 Å². The summed E-state index contributed by atoms with van der Waals surface area (Å²) in [5.74, 6) is -1.38. The first-order valence-corrected chi connectivity index (χ1v) is 7.30. The molecule has 0 radical (unpaired) electrons. The Balaban J connectivity index is 2.12. The van der Waals surface area contributed by atoms with Crippen LogP contribution in [0.3, 0.4) is 0 Å². The number of nitriles is 1. The van der Waals surface area contributed by atoms with Gasteiger partial charge in [-0.05, 0) is 25.1 Å². The predicted molar refractivity (Wildman–Crippen MR) is 83.5 cm³/mol. The molecule has 2 unspecified atom stereocenters. The van der Waals surface area contributed by atoms with E-state index in [4.69, 9.17) is 4.74 Å². The predicted octanol–water partition coefficient (Wildman–Crippen LogP) is 1.06. The molecule has 120 valence electrons. The van der Waals surface area contributed by atoms with Crippen LogP contribution in [0.4, 0.5) is 11.5 Å². The molecule has 3 N–H and O–H groups in total. The Bertz CT molecular complexity index is 942. The standard InChI is InChI=1S/C16H13N5O3/c1-7-12-13(21-20-7)19-14(22)10(6-17)16(12)9-5-8(24-2)3-4-11(9)18-15(16)23/h3-5,10H,1-2H3,(H,18,23)(H2,19,20,21,22). The van der Waals surface area contributed by atoms with E-state index in [1.165, 1.54) is 7.11 Å². The first kappa shape index (κ1) is 14.3. The Morgan fingerprint density at radius 1 is 1.33 bits per heavy atom. The number of nitrogens with one attached hydrogen (secondary N) is 3. The average Bonchev–Trinajstić information content (AvgIpc) is 3.06. The van der Waals surface area contributed by atoms with Gasteiger partial charge in [-0.3, -0.25) is 14.7 Å². The number of aromatic amines is 1. The molecule has 1 spiro atoms. The molecule has 3 heterocycles. The highest BCUT2D eigenvalue weighted by Gasteiger charge is 2.61. The minimum Gasteiger partial charge on any atom is -0.497 e. The van der Waals surface area contributed by atoms with E-state index < -0.39 is 23.1 Å². The second kappa shape index (κ2) is 4.58. The van der Waals surface area contributed by atoms with Crippen molar-refractivity contribution in [1.29, 1.82) is 5.26 Å². The number of H-pyrrole nitrogens is 1. The zero-order chi connectivity index (χ0) is 17.1. The number of carbonyl (C=O) groups excluding carboxylic acids is 2. The number of anilines is 2. The monoisotopic (exact) mass is 323 g/mol. The van der Waals surface area contributed by atoms with Gasteiger partial charge in [0.15, 0.2) is 5.82 Å². The van der Waals surface area contributed by atoms with Crippen molar-refractivity contribution in [2.24, 2.45) is 5.92 Å². The van der Waals surface area contributed by atoms with Crippen molar-refractivity contribution >= 4 is 23.3 Å². The molecule has 2 aliphatic heterocycles. The molecule has 0 saturated heterocycles. The number of ether oxygens (including phenoxy) is 1. The van der Waals surface area contributed by atoms with Gasteiger partial charge in [0, 0.05) is 22.5 Å². The number of methoxy groups -OCH3 is 1. The lowest BCUT2D eigenvalue weighted by Crippen LogP contribution is -2.51. The van der Waals surface area contributed by atoms with Gasteiger partial charge in [-0.25, -0.2) is 0 Å². The third kappa shape index (κ3) is 1.48. The maximum absolute atomic E-state index is 13.0. The van der Waals surface area contributed by atoms with Crippen molar-refractivity contribution < 1.29 is 14.3 Å². The summed E-state index contributed by atoms with van der Waals surface area (Å²) in [6.45, 7) is 1.75. The van der Waals surface area contributed by atoms with Crippen LogP contribution >= 0.6 is 0 Å². The maximum Gasteiger partial charge on any atom is 0.244 e. The molecule has 0 saturated carbocycles. The number of carbonyl (C=O) groups is 2. The van der Waals surface area contributed by atoms with E-state index in [0.717, 1.165) is 0 Å². The quantitative estimate of drug-likeness (QED) is 0.724. The van der Waals surface area contributed by atoms with Crippen LogP contribution in [0.25, 0.3) is 0 Å². The number of aryl methyl sites for hydroxylation is 1. The van der Waals surface area contributed by atoms with E-state index in [1.807, 2.05) is 6.07 Å². The summed E-state index contributed by atoms with van der Waals surface area (Å²) in [6, 6.07) is 7.10. The number of hydrogen-bond donors (Lipinski definition) is 3. The first-order chi connectivity index (χ1) is 11.5. The van der Waals surface area contributed by atoms with E-state index in [0.29, 0.717) is 28.3 Å². The molecule has 1 aromatic carbocycles. The third-order valence-electron chi connectivity index (χ3n) is 4.67. The Morgan fingerprint density at radius 2 is 2.12 bits per heavy atom. The molecule has 4 rings (SSSR count). The topological polar surface area (TPSA) is 120 Å². The zero-order valence-corrected chi connectivity index (χ0v) is 12.9. The zero-order valence-electron chi connectivity index (χ0n) is 12.9. The highest BCUT2D eigenvalue weighted by molar-refractivity contribution is 6.16. The molecule has 0 aliphatic carbocycles. The number of nitrogens with zero attached hydrogens (tertiary/aromatic N) is 2. The largest absolute Gasteiger partial charge is 0.497 e. The molecule has 1 aromatic heterocycles. The molecule has 2 aliphatic rings. The minimum atomic E-state index is -1.45. The number of hydrogen-bond acceptors (Lipinski definition) is 5. The van der Waals surface area contributed by atoms with Gasteiger partial charge >= 0.3 is 0 Å². The first-order valence-electron chi connectivity index (χ1n) is 7.30. The number of benzene rings is 1. The fourth-order valence-corrected chi connectivity index (χ4v) is 3.65. The summed E-state index contributed by atoms with van der Waals surface area (Å²) in [5.41, 5.74) is 0.781. The molecule has 24 heavy (non-hydrogen) atoms. The van der Waals surface area contributed by atoms with Crippen LogP contribution in [-0.4, -0.2) is 29.1 Å². The molecular weight excluding hydrogens is 310 g/mol. The lowest BCUT2D eigenvalue weighted by atomic mass is 9.64. The second-order valence-electron chi connectivity index (χ2n) is 5.80. The minimum absolute atomic E-state index is 0.273. The summed E-state index contributed by atoms with van der Waals surface area (Å²) in [4.78, 5) is 25.5. The van der Waals surface area contributed by atoms with Gasteiger partial charge in [-0.2, -0.15) is 10.4 Å². The summed E-state index contributed by atoms with van der Waals surface area (Å²) in [5, 5.41) is 21.9. The van der Waals surface area contributed by atoms with E-state index in [2.05, 4.69) is 20.8 Å². The van der Waals surface area contributed by atoms with E-state index in [9.17, 15) is 14.9 Å². The molecule has 8 heteroatoms. The van der Waals surface area contributed by atoms with Crippen LogP contribution in [0.15, 0.2) is 18.2 Å².